The molecule has 0 aliphatic rings. The van der Waals surface area contributed by atoms with Crippen molar-refractivity contribution in [2.75, 3.05) is 32.2 Å². The number of carbonyl (C=O) groups is 2. The molecule has 0 radical (unpaired) electrons. The van der Waals surface area contributed by atoms with Crippen molar-refractivity contribution in [2.24, 2.45) is 0 Å². The van der Waals surface area contributed by atoms with E-state index in [2.05, 4.69) is 5.32 Å². The Balaban J connectivity index is 2.17. The number of hydrogen-bond donors (Lipinski definition) is 1. The molecule has 3 aromatic rings. The SMILES string of the molecule is COc1ccc(S(=O)(=O)N(CC(=O)N(Cc2ccc(Cl)c(Cl)c2)[C@@H](C)C(=O)NC(C)(C)C)c2cc(Cl)ccc2OC)cc1OC. The molecule has 3 rings (SSSR count). The van der Waals surface area contributed by atoms with Crippen molar-refractivity contribution in [3.63, 3.8) is 0 Å². The van der Waals surface area contributed by atoms with Crippen molar-refractivity contribution in [1.82, 2.24) is 10.2 Å². The van der Waals surface area contributed by atoms with Gasteiger partial charge in [0, 0.05) is 23.2 Å². The van der Waals surface area contributed by atoms with Crippen LogP contribution in [0.15, 0.2) is 59.5 Å². The molecule has 0 saturated heterocycles. The second-order valence-corrected chi connectivity index (χ2v) is 14.1. The molecule has 0 spiro atoms. The molecular formula is C31H36Cl3N3O7S. The summed E-state index contributed by atoms with van der Waals surface area (Å²) in [4.78, 5) is 28.6. The summed E-state index contributed by atoms with van der Waals surface area (Å²) < 4.78 is 45.6. The van der Waals surface area contributed by atoms with E-state index in [4.69, 9.17) is 49.0 Å². The number of methoxy groups -OCH3 is 3. The van der Waals surface area contributed by atoms with Crippen molar-refractivity contribution in [3.05, 3.63) is 75.2 Å². The van der Waals surface area contributed by atoms with E-state index in [0.717, 1.165) is 4.31 Å². The van der Waals surface area contributed by atoms with Gasteiger partial charge in [0.1, 0.15) is 18.3 Å². The highest BCUT2D eigenvalue weighted by Crippen LogP contribution is 2.37. The van der Waals surface area contributed by atoms with E-state index in [1.165, 1.54) is 62.6 Å². The van der Waals surface area contributed by atoms with E-state index in [1.54, 1.807) is 25.1 Å². The van der Waals surface area contributed by atoms with Crippen molar-refractivity contribution in [3.8, 4) is 17.2 Å². The number of carbonyl (C=O) groups excluding carboxylic acids is 2. The van der Waals surface area contributed by atoms with Crippen LogP contribution in [0.25, 0.3) is 0 Å². The first-order chi connectivity index (χ1) is 21.0. The van der Waals surface area contributed by atoms with Gasteiger partial charge in [-0.3, -0.25) is 13.9 Å². The van der Waals surface area contributed by atoms with Gasteiger partial charge in [-0.1, -0.05) is 40.9 Å². The van der Waals surface area contributed by atoms with Crippen LogP contribution in [0.5, 0.6) is 17.2 Å². The zero-order valence-electron chi connectivity index (χ0n) is 26.0. The Morgan fingerprint density at radius 3 is 2.04 bits per heavy atom. The first-order valence-corrected chi connectivity index (χ1v) is 16.2. The van der Waals surface area contributed by atoms with Crippen LogP contribution in [-0.4, -0.2) is 64.6 Å². The molecule has 2 amide bonds. The Bertz CT molecular complexity index is 1660. The predicted octanol–water partition coefficient (Wildman–Crippen LogP) is 6.20. The van der Waals surface area contributed by atoms with Gasteiger partial charge in [-0.2, -0.15) is 0 Å². The lowest BCUT2D eigenvalue weighted by atomic mass is 10.1. The van der Waals surface area contributed by atoms with E-state index in [9.17, 15) is 18.0 Å². The second-order valence-electron chi connectivity index (χ2n) is 11.0. The minimum absolute atomic E-state index is 0.00872. The van der Waals surface area contributed by atoms with Crippen LogP contribution in [-0.2, 0) is 26.2 Å². The molecule has 14 heteroatoms. The normalized spacial score (nSPS) is 12.2. The largest absolute Gasteiger partial charge is 0.495 e. The Labute approximate surface area is 279 Å². The summed E-state index contributed by atoms with van der Waals surface area (Å²) in [6.45, 7) is 6.19. The topological polar surface area (TPSA) is 114 Å². The van der Waals surface area contributed by atoms with Crippen molar-refractivity contribution >= 4 is 62.3 Å². The molecule has 10 nitrogen and oxygen atoms in total. The summed E-state index contributed by atoms with van der Waals surface area (Å²) in [5.41, 5.74) is -0.0159. The molecule has 244 valence electrons. The van der Waals surface area contributed by atoms with E-state index < -0.39 is 40.0 Å². The van der Waals surface area contributed by atoms with Gasteiger partial charge >= 0.3 is 0 Å². The van der Waals surface area contributed by atoms with Crippen LogP contribution in [0.2, 0.25) is 15.1 Å². The maximum atomic E-state index is 14.3. The number of ether oxygens (including phenoxy) is 3. The van der Waals surface area contributed by atoms with Gasteiger partial charge in [-0.05, 0) is 75.7 Å². The van der Waals surface area contributed by atoms with Crippen LogP contribution < -0.4 is 23.8 Å². The van der Waals surface area contributed by atoms with E-state index in [0.29, 0.717) is 16.3 Å². The fourth-order valence-corrected chi connectivity index (χ4v) is 6.29. The molecule has 0 aliphatic heterocycles. The van der Waals surface area contributed by atoms with E-state index in [-0.39, 0.29) is 38.7 Å². The standard InChI is InChI=1S/C31H36Cl3N3O7S/c1-19(30(39)35-31(2,3)4)36(17-20-8-11-23(33)24(34)14-20)29(38)18-37(25-15-21(32)9-12-26(25)42-5)45(40,41)22-10-13-27(43-6)28(16-22)44-7/h8-16,19H,17-18H2,1-7H3,(H,35,39)/t19-/m0/s1. The van der Waals surface area contributed by atoms with E-state index >= 15 is 0 Å². The molecular weight excluding hydrogens is 665 g/mol. The lowest BCUT2D eigenvalue weighted by molar-refractivity contribution is -0.140. The van der Waals surface area contributed by atoms with Gasteiger partial charge < -0.3 is 24.4 Å². The molecule has 0 fully saturated rings. The number of anilines is 1. The number of rotatable bonds is 12. The third-order valence-corrected chi connectivity index (χ3v) is 9.36. The summed E-state index contributed by atoms with van der Waals surface area (Å²) in [6.07, 6.45) is 0. The first kappa shape index (κ1) is 36.1. The molecule has 1 atom stereocenters. The fourth-order valence-electron chi connectivity index (χ4n) is 4.37. The average Bonchev–Trinajstić information content (AvgIpc) is 2.98. The van der Waals surface area contributed by atoms with Gasteiger partial charge in [-0.25, -0.2) is 8.42 Å². The van der Waals surface area contributed by atoms with Crippen LogP contribution in [0.4, 0.5) is 5.69 Å². The lowest BCUT2D eigenvalue weighted by Crippen LogP contribution is -2.54. The van der Waals surface area contributed by atoms with Crippen molar-refractivity contribution in [1.29, 1.82) is 0 Å². The van der Waals surface area contributed by atoms with Crippen LogP contribution in [0.3, 0.4) is 0 Å². The lowest BCUT2D eigenvalue weighted by Gasteiger charge is -2.34. The predicted molar refractivity (Wildman–Crippen MR) is 176 cm³/mol. The van der Waals surface area contributed by atoms with Crippen molar-refractivity contribution < 1.29 is 32.2 Å². The summed E-state index contributed by atoms with van der Waals surface area (Å²) in [6, 6.07) is 12.3. The number of benzene rings is 3. The maximum Gasteiger partial charge on any atom is 0.265 e. The highest BCUT2D eigenvalue weighted by Gasteiger charge is 2.35. The molecule has 0 aromatic heterocycles. The quantitative estimate of drug-likeness (QED) is 0.239. The fraction of sp³-hybridized carbons (Fsp3) is 0.355. The monoisotopic (exact) mass is 699 g/mol. The Kier molecular flexibility index (Phi) is 11.9. The second kappa shape index (κ2) is 14.8. The summed E-state index contributed by atoms with van der Waals surface area (Å²) in [7, 11) is -0.311. The Hall–Kier alpha value is -3.38. The van der Waals surface area contributed by atoms with Gasteiger partial charge in [0.25, 0.3) is 10.0 Å². The third kappa shape index (κ3) is 8.88. The molecule has 0 unspecified atom stereocenters. The van der Waals surface area contributed by atoms with E-state index in [1.807, 2.05) is 20.8 Å². The average molecular weight is 701 g/mol. The number of nitrogens with zero attached hydrogens (tertiary/aromatic N) is 2. The summed E-state index contributed by atoms with van der Waals surface area (Å²) in [5.74, 6) is -0.511. The van der Waals surface area contributed by atoms with Crippen LogP contribution >= 0.6 is 34.8 Å². The molecule has 3 aromatic carbocycles. The maximum absolute atomic E-state index is 14.3. The molecule has 45 heavy (non-hydrogen) atoms. The Morgan fingerprint density at radius 2 is 1.47 bits per heavy atom. The number of halogens is 3. The molecule has 0 heterocycles. The highest BCUT2D eigenvalue weighted by atomic mass is 35.5. The van der Waals surface area contributed by atoms with Gasteiger partial charge in [-0.15, -0.1) is 0 Å². The Morgan fingerprint density at radius 1 is 0.844 bits per heavy atom. The summed E-state index contributed by atoms with van der Waals surface area (Å²) in [5, 5.41) is 3.66. The van der Waals surface area contributed by atoms with Crippen LogP contribution in [0, 0.1) is 0 Å². The zero-order valence-corrected chi connectivity index (χ0v) is 29.1. The minimum atomic E-state index is -4.48. The van der Waals surface area contributed by atoms with Gasteiger partial charge in [0.15, 0.2) is 11.5 Å². The van der Waals surface area contributed by atoms with Crippen molar-refractivity contribution in [2.45, 2.75) is 50.7 Å². The molecule has 1 N–H and O–H groups in total. The number of hydrogen-bond acceptors (Lipinski definition) is 7. The summed E-state index contributed by atoms with van der Waals surface area (Å²) >= 11 is 18.7. The van der Waals surface area contributed by atoms with Gasteiger partial charge in [0.2, 0.25) is 11.8 Å². The third-order valence-electron chi connectivity index (χ3n) is 6.63. The minimum Gasteiger partial charge on any atom is -0.495 e. The number of nitrogens with one attached hydrogen (secondary N) is 1. The number of sulfonamides is 1. The molecule has 0 bridgehead atoms. The highest BCUT2D eigenvalue weighted by molar-refractivity contribution is 7.92. The zero-order chi connectivity index (χ0) is 33.7. The number of amides is 2. The van der Waals surface area contributed by atoms with Gasteiger partial charge in [0.05, 0.1) is 42.0 Å². The molecule has 0 saturated carbocycles. The molecule has 0 aliphatic carbocycles. The first-order valence-electron chi connectivity index (χ1n) is 13.7. The smallest absolute Gasteiger partial charge is 0.265 e. The van der Waals surface area contributed by atoms with Crippen LogP contribution in [0.1, 0.15) is 33.3 Å².